The van der Waals surface area contributed by atoms with Gasteiger partial charge in [0.1, 0.15) is 11.6 Å². The van der Waals surface area contributed by atoms with Gasteiger partial charge in [0.15, 0.2) is 5.03 Å². The summed E-state index contributed by atoms with van der Waals surface area (Å²) >= 11 is 0. The van der Waals surface area contributed by atoms with Crippen LogP contribution in [0.4, 0.5) is 0 Å². The van der Waals surface area contributed by atoms with E-state index >= 15 is 0 Å². The van der Waals surface area contributed by atoms with E-state index in [1.165, 1.54) is 17.5 Å². The van der Waals surface area contributed by atoms with Crippen molar-refractivity contribution < 1.29 is 13.2 Å². The Kier molecular flexibility index (Phi) is 4.64. The first-order valence-electron chi connectivity index (χ1n) is 6.63. The minimum atomic E-state index is -3.59. The van der Waals surface area contributed by atoms with Crippen LogP contribution in [0.2, 0.25) is 0 Å². The highest BCUT2D eigenvalue weighted by Gasteiger charge is 2.23. The van der Waals surface area contributed by atoms with Crippen molar-refractivity contribution in [2.45, 2.75) is 25.4 Å². The van der Waals surface area contributed by atoms with Crippen LogP contribution in [0.1, 0.15) is 18.3 Å². The Labute approximate surface area is 124 Å². The number of nitrogens with one attached hydrogen (secondary N) is 1. The van der Waals surface area contributed by atoms with Gasteiger partial charge in [0.2, 0.25) is 0 Å². The lowest BCUT2D eigenvalue weighted by molar-refractivity contribution is 0.332. The maximum atomic E-state index is 12.4. The van der Waals surface area contributed by atoms with Gasteiger partial charge in [-0.3, -0.25) is 0 Å². The number of hydrogen-bond donors (Lipinski definition) is 1. The van der Waals surface area contributed by atoms with Gasteiger partial charge in [-0.1, -0.05) is 18.2 Å². The highest BCUT2D eigenvalue weighted by atomic mass is 32.2. The molecule has 0 fully saturated rings. The van der Waals surface area contributed by atoms with Crippen LogP contribution < -0.4 is 4.74 Å². The molecule has 0 spiro atoms. The predicted molar refractivity (Wildman–Crippen MR) is 79.6 cm³/mol. The summed E-state index contributed by atoms with van der Waals surface area (Å²) in [4.78, 5) is 6.68. The van der Waals surface area contributed by atoms with Crippen LogP contribution >= 0.6 is 0 Å². The van der Waals surface area contributed by atoms with Crippen molar-refractivity contribution in [1.29, 1.82) is 0 Å². The van der Waals surface area contributed by atoms with Crippen LogP contribution in [0, 0.1) is 6.92 Å². The number of imidazole rings is 1. The summed E-state index contributed by atoms with van der Waals surface area (Å²) in [5.41, 5.74) is 0.821. The van der Waals surface area contributed by atoms with Gasteiger partial charge in [0.25, 0.3) is 10.0 Å². The number of aromatic nitrogens is 2. The Morgan fingerprint density at radius 3 is 2.67 bits per heavy atom. The molecule has 0 amide bonds. The number of sulfonamides is 1. The van der Waals surface area contributed by atoms with E-state index in [4.69, 9.17) is 4.74 Å². The maximum absolute atomic E-state index is 12.4. The Morgan fingerprint density at radius 1 is 1.33 bits per heavy atom. The molecule has 0 aliphatic rings. The Balaban J connectivity index is 2.23. The lowest BCUT2D eigenvalue weighted by atomic mass is 10.2. The first kappa shape index (κ1) is 15.5. The molecular formula is C14H19N3O3S. The number of nitrogens with zero attached hydrogens (tertiary/aromatic N) is 2. The van der Waals surface area contributed by atoms with Crippen molar-refractivity contribution in [1.82, 2.24) is 14.3 Å². The zero-order valence-corrected chi connectivity index (χ0v) is 13.1. The summed E-state index contributed by atoms with van der Waals surface area (Å²) in [6.45, 7) is 4.37. The van der Waals surface area contributed by atoms with Gasteiger partial charge in [-0.2, -0.15) is 4.31 Å². The molecule has 0 aliphatic heterocycles. The van der Waals surface area contributed by atoms with Gasteiger partial charge >= 0.3 is 0 Å². The van der Waals surface area contributed by atoms with Crippen molar-refractivity contribution >= 4 is 10.0 Å². The Morgan fingerprint density at radius 2 is 2.05 bits per heavy atom. The Hall–Kier alpha value is -1.86. The van der Waals surface area contributed by atoms with Crippen LogP contribution in [-0.2, 0) is 16.6 Å². The fraction of sp³-hybridized carbons (Fsp3) is 0.357. The second-order valence-electron chi connectivity index (χ2n) is 4.63. The van der Waals surface area contributed by atoms with Crippen molar-refractivity contribution in [3.8, 4) is 5.75 Å². The van der Waals surface area contributed by atoms with Crippen LogP contribution in [0.3, 0.4) is 0 Å². The van der Waals surface area contributed by atoms with E-state index in [2.05, 4.69) is 9.97 Å². The minimum Gasteiger partial charge on any atom is -0.494 e. The van der Waals surface area contributed by atoms with Crippen molar-refractivity contribution in [3.63, 3.8) is 0 Å². The number of ether oxygens (including phenoxy) is 1. The molecule has 7 heteroatoms. The van der Waals surface area contributed by atoms with Gasteiger partial charge < -0.3 is 9.72 Å². The number of para-hydroxylation sites is 1. The number of H-pyrrole nitrogens is 1. The summed E-state index contributed by atoms with van der Waals surface area (Å²) in [7, 11) is -2.05. The molecule has 2 aromatic rings. The van der Waals surface area contributed by atoms with E-state index < -0.39 is 10.0 Å². The second kappa shape index (κ2) is 6.28. The molecule has 0 atom stereocenters. The monoisotopic (exact) mass is 309 g/mol. The standard InChI is InChI=1S/C14H19N3O3S/c1-4-20-13-8-6-5-7-12(13)10-17(3)21(18,19)14-9-15-11(2)16-14/h5-9H,4,10H2,1-3H3,(H,15,16). The molecule has 0 unspecified atom stereocenters. The largest absolute Gasteiger partial charge is 0.494 e. The predicted octanol–water partition coefficient (Wildman–Crippen LogP) is 1.94. The lowest BCUT2D eigenvalue weighted by Crippen LogP contribution is -2.27. The average Bonchev–Trinajstić information content (AvgIpc) is 2.88. The van der Waals surface area contributed by atoms with Gasteiger partial charge in [-0.05, 0) is 19.9 Å². The third-order valence-electron chi connectivity index (χ3n) is 3.03. The summed E-state index contributed by atoms with van der Waals surface area (Å²) in [5.74, 6) is 1.26. The zero-order valence-electron chi connectivity index (χ0n) is 12.3. The number of rotatable bonds is 6. The summed E-state index contributed by atoms with van der Waals surface area (Å²) < 4.78 is 31.7. The molecule has 114 valence electrons. The van der Waals surface area contributed by atoms with Crippen molar-refractivity contribution in [2.24, 2.45) is 0 Å². The average molecular weight is 309 g/mol. The van der Waals surface area contributed by atoms with E-state index in [0.29, 0.717) is 18.2 Å². The van der Waals surface area contributed by atoms with E-state index in [-0.39, 0.29) is 11.6 Å². The first-order chi connectivity index (χ1) is 9.95. The minimum absolute atomic E-state index is 0.0939. The fourth-order valence-electron chi connectivity index (χ4n) is 1.95. The van der Waals surface area contributed by atoms with Gasteiger partial charge in [-0.25, -0.2) is 13.4 Å². The number of aromatic amines is 1. The molecule has 1 aromatic heterocycles. The highest BCUT2D eigenvalue weighted by molar-refractivity contribution is 7.89. The van der Waals surface area contributed by atoms with Gasteiger partial charge in [0, 0.05) is 19.2 Å². The number of aryl methyl sites for hydroxylation is 1. The van der Waals surface area contributed by atoms with Crippen LogP contribution in [0.25, 0.3) is 0 Å². The van der Waals surface area contributed by atoms with E-state index in [0.717, 1.165) is 5.56 Å². The molecule has 21 heavy (non-hydrogen) atoms. The number of hydrogen-bond acceptors (Lipinski definition) is 4. The van der Waals surface area contributed by atoms with Crippen LogP contribution in [0.15, 0.2) is 35.5 Å². The van der Waals surface area contributed by atoms with Crippen LogP contribution in [0.5, 0.6) is 5.75 Å². The van der Waals surface area contributed by atoms with Crippen molar-refractivity contribution in [3.05, 3.63) is 41.9 Å². The summed E-state index contributed by atoms with van der Waals surface area (Å²) in [5, 5.41) is 0.0939. The smallest absolute Gasteiger partial charge is 0.260 e. The summed E-state index contributed by atoms with van der Waals surface area (Å²) in [6, 6.07) is 7.41. The molecule has 0 radical (unpaired) electrons. The molecule has 1 heterocycles. The molecule has 1 N–H and O–H groups in total. The molecule has 0 bridgehead atoms. The quantitative estimate of drug-likeness (QED) is 0.885. The fourth-order valence-corrected chi connectivity index (χ4v) is 3.06. The first-order valence-corrected chi connectivity index (χ1v) is 8.07. The molecule has 2 rings (SSSR count). The second-order valence-corrected chi connectivity index (χ2v) is 6.65. The molecule has 6 nitrogen and oxygen atoms in total. The Bertz CT molecular complexity index is 710. The third-order valence-corrected chi connectivity index (χ3v) is 4.75. The van der Waals surface area contributed by atoms with E-state index in [9.17, 15) is 8.42 Å². The van der Waals surface area contributed by atoms with E-state index in [1.54, 1.807) is 6.92 Å². The SMILES string of the molecule is CCOc1ccccc1CN(C)S(=O)(=O)c1cnc(C)[nH]1. The maximum Gasteiger partial charge on any atom is 0.260 e. The summed E-state index contributed by atoms with van der Waals surface area (Å²) in [6.07, 6.45) is 1.33. The molecular weight excluding hydrogens is 290 g/mol. The normalized spacial score (nSPS) is 11.8. The highest BCUT2D eigenvalue weighted by Crippen LogP contribution is 2.22. The van der Waals surface area contributed by atoms with Crippen molar-refractivity contribution in [2.75, 3.05) is 13.7 Å². The zero-order chi connectivity index (χ0) is 15.5. The molecule has 0 saturated carbocycles. The third kappa shape index (κ3) is 3.43. The molecule has 0 saturated heterocycles. The lowest BCUT2D eigenvalue weighted by Gasteiger charge is -2.18. The van der Waals surface area contributed by atoms with Crippen LogP contribution in [-0.4, -0.2) is 36.3 Å². The molecule has 0 aliphatic carbocycles. The van der Waals surface area contributed by atoms with Gasteiger partial charge in [-0.15, -0.1) is 0 Å². The van der Waals surface area contributed by atoms with Gasteiger partial charge in [0.05, 0.1) is 12.8 Å². The topological polar surface area (TPSA) is 75.3 Å². The molecule has 1 aromatic carbocycles. The number of benzene rings is 1. The van der Waals surface area contributed by atoms with E-state index in [1.807, 2.05) is 31.2 Å².